The zero-order chi connectivity index (χ0) is 14.0. The van der Waals surface area contributed by atoms with E-state index >= 15 is 0 Å². The minimum Gasteiger partial charge on any atom is -0.350 e. The fourth-order valence-electron chi connectivity index (χ4n) is 1.98. The molecule has 1 aromatic rings. The number of hydrogen-bond acceptors (Lipinski definition) is 3. The molecule has 0 spiro atoms. The number of nitrogens with one attached hydrogen (secondary N) is 1. The van der Waals surface area contributed by atoms with Gasteiger partial charge in [0.1, 0.15) is 11.9 Å². The van der Waals surface area contributed by atoms with Crippen molar-refractivity contribution in [3.8, 4) is 0 Å². The Morgan fingerprint density at radius 2 is 2.26 bits per heavy atom. The van der Waals surface area contributed by atoms with Crippen molar-refractivity contribution in [1.29, 1.82) is 0 Å². The van der Waals surface area contributed by atoms with Gasteiger partial charge in [-0.3, -0.25) is 9.69 Å². The number of carbonyl (C=O) groups excluding carboxylic acids is 1. The van der Waals surface area contributed by atoms with Crippen LogP contribution in [0, 0.1) is 12.7 Å². The summed E-state index contributed by atoms with van der Waals surface area (Å²) in [6, 6.07) is 4.41. The van der Waals surface area contributed by atoms with Gasteiger partial charge in [-0.05, 0) is 55.3 Å². The molecule has 1 amide bonds. The van der Waals surface area contributed by atoms with E-state index in [0.29, 0.717) is 6.42 Å². The molecule has 0 saturated carbocycles. The first kappa shape index (κ1) is 14.3. The number of nitrogens with zero attached hydrogens (tertiary/aromatic N) is 1. The highest BCUT2D eigenvalue weighted by Gasteiger charge is 2.37. The predicted octanol–water partition coefficient (Wildman–Crippen LogP) is 2.48. The lowest BCUT2D eigenvalue weighted by Crippen LogP contribution is -2.32. The molecule has 19 heavy (non-hydrogen) atoms. The summed E-state index contributed by atoms with van der Waals surface area (Å²) in [5.74, 6) is 0.251. The fourth-order valence-corrected chi connectivity index (χ4v) is 2.79. The highest BCUT2D eigenvalue weighted by Crippen LogP contribution is 2.25. The van der Waals surface area contributed by atoms with Gasteiger partial charge in [0.05, 0.1) is 5.69 Å². The molecule has 1 atom stereocenters. The zero-order valence-corrected chi connectivity index (χ0v) is 12.4. The molecule has 0 bridgehead atoms. The molecular weight excluding hydrogens is 283 g/mol. The maximum Gasteiger partial charge on any atom is 0.255 e. The molecule has 1 heterocycles. The number of benzene rings is 1. The van der Waals surface area contributed by atoms with Crippen molar-refractivity contribution < 1.29 is 9.18 Å². The molecule has 0 aromatic heterocycles. The van der Waals surface area contributed by atoms with E-state index in [4.69, 9.17) is 12.2 Å². The van der Waals surface area contributed by atoms with Gasteiger partial charge in [0.2, 0.25) is 0 Å². The van der Waals surface area contributed by atoms with Crippen molar-refractivity contribution >= 4 is 40.7 Å². The number of anilines is 1. The summed E-state index contributed by atoms with van der Waals surface area (Å²) >= 11 is 6.81. The summed E-state index contributed by atoms with van der Waals surface area (Å²) in [6.45, 7) is 1.80. The monoisotopic (exact) mass is 298 g/mol. The van der Waals surface area contributed by atoms with E-state index in [0.717, 1.165) is 11.3 Å². The van der Waals surface area contributed by atoms with Crippen molar-refractivity contribution in [2.24, 2.45) is 0 Å². The Morgan fingerprint density at radius 1 is 1.53 bits per heavy atom. The normalized spacial score (nSPS) is 18.9. The summed E-state index contributed by atoms with van der Waals surface area (Å²) < 4.78 is 13.9. The Hall–Kier alpha value is -1.14. The quantitative estimate of drug-likeness (QED) is 0.866. The van der Waals surface area contributed by atoms with E-state index in [1.807, 2.05) is 6.26 Å². The summed E-state index contributed by atoms with van der Waals surface area (Å²) in [6.07, 6.45) is 2.67. The molecule has 0 aliphatic carbocycles. The third-order valence-electron chi connectivity index (χ3n) is 2.97. The van der Waals surface area contributed by atoms with Crippen LogP contribution >= 0.6 is 24.0 Å². The van der Waals surface area contributed by atoms with Crippen LogP contribution in [-0.4, -0.2) is 29.1 Å². The molecule has 6 heteroatoms. The van der Waals surface area contributed by atoms with Crippen LogP contribution in [0.15, 0.2) is 18.2 Å². The van der Waals surface area contributed by atoms with Gasteiger partial charge in [-0.2, -0.15) is 11.8 Å². The molecule has 3 nitrogen and oxygen atoms in total. The van der Waals surface area contributed by atoms with E-state index < -0.39 is 5.82 Å². The Morgan fingerprint density at radius 3 is 2.89 bits per heavy atom. The molecule has 1 saturated heterocycles. The molecule has 1 N–H and O–H groups in total. The Balaban J connectivity index is 2.25. The van der Waals surface area contributed by atoms with Crippen molar-refractivity contribution in [2.75, 3.05) is 16.9 Å². The number of amides is 1. The summed E-state index contributed by atoms with van der Waals surface area (Å²) in [7, 11) is 0. The van der Waals surface area contributed by atoms with Gasteiger partial charge in [0.15, 0.2) is 5.11 Å². The largest absolute Gasteiger partial charge is 0.350 e. The fraction of sp³-hybridized carbons (Fsp3) is 0.385. The molecule has 1 aliphatic heterocycles. The third kappa shape index (κ3) is 2.90. The van der Waals surface area contributed by atoms with Gasteiger partial charge in [0, 0.05) is 0 Å². The SMILES string of the molecule is CSCC[C@H]1NC(=S)N(c2ccc(C)cc2F)C1=O. The Bertz CT molecular complexity index is 521. The standard InChI is InChI=1S/C13H15FN2OS2/c1-8-3-4-11(9(14)7-8)16-12(17)10(5-6-19-2)15-13(16)18/h3-4,7,10H,5-6H2,1-2H3,(H,15,18)/t10-/m1/s1. The van der Waals surface area contributed by atoms with Crippen molar-refractivity contribution in [3.05, 3.63) is 29.6 Å². The van der Waals surface area contributed by atoms with Crippen molar-refractivity contribution in [2.45, 2.75) is 19.4 Å². The van der Waals surface area contributed by atoms with Crippen LogP contribution in [0.25, 0.3) is 0 Å². The molecule has 0 unspecified atom stereocenters. The van der Waals surface area contributed by atoms with Gasteiger partial charge in [0.25, 0.3) is 5.91 Å². The molecule has 2 rings (SSSR count). The molecule has 0 radical (unpaired) electrons. The number of hydrogen-bond donors (Lipinski definition) is 1. The molecule has 1 aromatic carbocycles. The topological polar surface area (TPSA) is 32.3 Å². The predicted molar refractivity (Wildman–Crippen MR) is 81.1 cm³/mol. The molecule has 1 fully saturated rings. The van der Waals surface area contributed by atoms with E-state index in [-0.39, 0.29) is 22.7 Å². The molecular formula is C13H15FN2OS2. The smallest absolute Gasteiger partial charge is 0.255 e. The summed E-state index contributed by atoms with van der Waals surface area (Å²) in [5, 5.41) is 3.23. The van der Waals surface area contributed by atoms with Crippen LogP contribution in [0.5, 0.6) is 0 Å². The van der Waals surface area contributed by atoms with Crippen LogP contribution in [0.1, 0.15) is 12.0 Å². The maximum absolute atomic E-state index is 13.9. The number of carbonyl (C=O) groups is 1. The molecule has 102 valence electrons. The number of halogens is 1. The first-order valence-electron chi connectivity index (χ1n) is 5.94. The third-order valence-corrected chi connectivity index (χ3v) is 3.92. The van der Waals surface area contributed by atoms with Crippen LogP contribution in [0.3, 0.4) is 0 Å². The van der Waals surface area contributed by atoms with E-state index in [2.05, 4.69) is 5.32 Å². The van der Waals surface area contributed by atoms with E-state index in [1.54, 1.807) is 30.8 Å². The number of aryl methyl sites for hydroxylation is 1. The minimum absolute atomic E-state index is 0.179. The lowest BCUT2D eigenvalue weighted by Gasteiger charge is -2.16. The number of rotatable bonds is 4. The van der Waals surface area contributed by atoms with Gasteiger partial charge < -0.3 is 5.32 Å². The van der Waals surface area contributed by atoms with E-state index in [9.17, 15) is 9.18 Å². The minimum atomic E-state index is -0.428. The van der Waals surface area contributed by atoms with Crippen molar-refractivity contribution in [1.82, 2.24) is 5.32 Å². The number of thiocarbonyl (C=S) groups is 1. The second-order valence-corrected chi connectivity index (χ2v) is 5.78. The van der Waals surface area contributed by atoms with Crippen LogP contribution in [-0.2, 0) is 4.79 Å². The molecule has 1 aliphatic rings. The highest BCUT2D eigenvalue weighted by molar-refractivity contribution is 7.98. The van der Waals surface area contributed by atoms with Crippen LogP contribution in [0.2, 0.25) is 0 Å². The van der Waals surface area contributed by atoms with Gasteiger partial charge in [-0.1, -0.05) is 6.07 Å². The second kappa shape index (κ2) is 5.88. The average Bonchev–Trinajstić information content (AvgIpc) is 2.63. The van der Waals surface area contributed by atoms with Crippen molar-refractivity contribution in [3.63, 3.8) is 0 Å². The van der Waals surface area contributed by atoms with Crippen LogP contribution < -0.4 is 10.2 Å². The van der Waals surface area contributed by atoms with Gasteiger partial charge in [-0.15, -0.1) is 0 Å². The Labute approximate surface area is 121 Å². The Kier molecular flexibility index (Phi) is 4.42. The second-order valence-electron chi connectivity index (χ2n) is 4.41. The lowest BCUT2D eigenvalue weighted by molar-refractivity contribution is -0.118. The maximum atomic E-state index is 13.9. The first-order chi connectivity index (χ1) is 9.04. The van der Waals surface area contributed by atoms with Crippen LogP contribution in [0.4, 0.5) is 10.1 Å². The zero-order valence-electron chi connectivity index (χ0n) is 10.8. The lowest BCUT2D eigenvalue weighted by atomic mass is 10.2. The summed E-state index contributed by atoms with van der Waals surface area (Å²) in [4.78, 5) is 13.5. The van der Waals surface area contributed by atoms with Gasteiger partial charge in [-0.25, -0.2) is 4.39 Å². The highest BCUT2D eigenvalue weighted by atomic mass is 32.2. The van der Waals surface area contributed by atoms with E-state index in [1.165, 1.54) is 11.0 Å². The average molecular weight is 298 g/mol. The summed E-state index contributed by atoms with van der Waals surface area (Å²) in [5.41, 5.74) is 1.03. The first-order valence-corrected chi connectivity index (χ1v) is 7.74. The number of thioether (sulfide) groups is 1. The van der Waals surface area contributed by atoms with Gasteiger partial charge >= 0.3 is 0 Å².